The van der Waals surface area contributed by atoms with Gasteiger partial charge in [-0.2, -0.15) is 0 Å². The van der Waals surface area contributed by atoms with Crippen LogP contribution in [0.4, 0.5) is 5.69 Å². The molecule has 5 heteroatoms. The van der Waals surface area contributed by atoms with Gasteiger partial charge < -0.3 is 11.1 Å². The summed E-state index contributed by atoms with van der Waals surface area (Å²) in [6.45, 7) is 3.87. The number of nitrogen functional groups attached to an aromatic ring is 1. The summed E-state index contributed by atoms with van der Waals surface area (Å²) in [5.41, 5.74) is 7.64. The molecule has 0 unspecified atom stereocenters. The van der Waals surface area contributed by atoms with Crippen molar-refractivity contribution in [3.05, 3.63) is 28.2 Å². The average molecular weight is 314 g/mol. The van der Waals surface area contributed by atoms with Gasteiger partial charge in [0.2, 0.25) is 5.91 Å². The highest BCUT2D eigenvalue weighted by Gasteiger charge is 2.07. The third-order valence-electron chi connectivity index (χ3n) is 2.50. The molecule has 1 aromatic carbocycles. The molecule has 1 rings (SSSR count). The molecule has 0 atom stereocenters. The first kappa shape index (κ1) is 15.0. The number of anilines is 1. The number of nitrogens with one attached hydrogen (secondary N) is 1. The van der Waals surface area contributed by atoms with Crippen molar-refractivity contribution in [3.8, 4) is 0 Å². The number of benzene rings is 1. The molecule has 0 aliphatic rings. The number of hydrogen-bond acceptors (Lipinski definition) is 3. The summed E-state index contributed by atoms with van der Waals surface area (Å²) in [5.74, 6) is 0.0597. The Balaban J connectivity index is 2.46. The van der Waals surface area contributed by atoms with Crippen LogP contribution in [0.25, 0.3) is 0 Å². The Labute approximate surface area is 117 Å². The lowest BCUT2D eigenvalue weighted by atomic mass is 10.2. The first-order chi connectivity index (χ1) is 8.52. The van der Waals surface area contributed by atoms with E-state index in [4.69, 9.17) is 5.73 Å². The lowest BCUT2D eigenvalue weighted by molar-refractivity contribution is -0.122. The van der Waals surface area contributed by atoms with Gasteiger partial charge in [0.05, 0.1) is 6.54 Å². The van der Waals surface area contributed by atoms with Crippen LogP contribution in [0.5, 0.6) is 0 Å². The summed E-state index contributed by atoms with van der Waals surface area (Å²) in [7, 11) is 1.92. The molecular formula is C13H20BrN3O. The fourth-order valence-corrected chi connectivity index (χ4v) is 1.87. The van der Waals surface area contributed by atoms with Crippen LogP contribution in [0.2, 0.25) is 0 Å². The molecule has 100 valence electrons. The Morgan fingerprint density at radius 2 is 2.22 bits per heavy atom. The van der Waals surface area contributed by atoms with Crippen LogP contribution in [-0.4, -0.2) is 30.9 Å². The van der Waals surface area contributed by atoms with Gasteiger partial charge in [0, 0.05) is 23.2 Å². The summed E-state index contributed by atoms with van der Waals surface area (Å²) in [6, 6.07) is 5.85. The van der Waals surface area contributed by atoms with Gasteiger partial charge in [-0.1, -0.05) is 13.0 Å². The highest BCUT2D eigenvalue weighted by Crippen LogP contribution is 2.20. The van der Waals surface area contributed by atoms with Crippen LogP contribution in [0.3, 0.4) is 0 Å². The van der Waals surface area contributed by atoms with Gasteiger partial charge in [-0.3, -0.25) is 9.69 Å². The monoisotopic (exact) mass is 313 g/mol. The molecule has 0 saturated heterocycles. The van der Waals surface area contributed by atoms with Crippen LogP contribution in [-0.2, 0) is 11.3 Å². The van der Waals surface area contributed by atoms with Crippen LogP contribution < -0.4 is 11.1 Å². The number of rotatable bonds is 6. The Morgan fingerprint density at radius 3 is 2.83 bits per heavy atom. The zero-order valence-electron chi connectivity index (χ0n) is 10.9. The highest BCUT2D eigenvalue weighted by atomic mass is 79.9. The van der Waals surface area contributed by atoms with Gasteiger partial charge in [-0.05, 0) is 47.1 Å². The number of halogens is 1. The molecule has 0 fully saturated rings. The average Bonchev–Trinajstić information content (AvgIpc) is 2.31. The molecule has 0 bridgehead atoms. The second-order valence-corrected chi connectivity index (χ2v) is 5.23. The minimum Gasteiger partial charge on any atom is -0.398 e. The van der Waals surface area contributed by atoms with Crippen LogP contribution in [0.1, 0.15) is 18.9 Å². The largest absolute Gasteiger partial charge is 0.398 e. The lowest BCUT2D eigenvalue weighted by Gasteiger charge is -2.16. The summed E-state index contributed by atoms with van der Waals surface area (Å²) >= 11 is 3.36. The van der Waals surface area contributed by atoms with Gasteiger partial charge in [0.1, 0.15) is 0 Å². The number of carbonyl (C=O) groups is 1. The van der Waals surface area contributed by atoms with Crippen LogP contribution in [0.15, 0.2) is 22.7 Å². The molecule has 1 aromatic rings. The quantitative estimate of drug-likeness (QED) is 0.790. The van der Waals surface area contributed by atoms with Gasteiger partial charge in [-0.25, -0.2) is 0 Å². The molecular weight excluding hydrogens is 294 g/mol. The number of nitrogens with zero attached hydrogens (tertiary/aromatic N) is 1. The third-order valence-corrected chi connectivity index (χ3v) is 3.22. The number of amides is 1. The van der Waals surface area contributed by atoms with E-state index in [1.165, 1.54) is 0 Å². The minimum atomic E-state index is 0.0597. The number of carbonyl (C=O) groups excluding carboxylic acids is 1. The Morgan fingerprint density at radius 1 is 1.50 bits per heavy atom. The Hall–Kier alpha value is -1.07. The summed E-state index contributed by atoms with van der Waals surface area (Å²) in [5, 5.41) is 2.86. The van der Waals surface area contributed by atoms with Crippen molar-refractivity contribution in [1.82, 2.24) is 10.2 Å². The second-order valence-electron chi connectivity index (χ2n) is 4.38. The maximum Gasteiger partial charge on any atom is 0.234 e. The van der Waals surface area contributed by atoms with E-state index in [1.54, 1.807) is 0 Å². The van der Waals surface area contributed by atoms with Crippen molar-refractivity contribution in [1.29, 1.82) is 0 Å². The van der Waals surface area contributed by atoms with E-state index in [-0.39, 0.29) is 5.91 Å². The number of nitrogens with two attached hydrogens (primary N) is 1. The zero-order valence-corrected chi connectivity index (χ0v) is 12.5. The SMILES string of the molecule is CCCNC(=O)CN(C)Cc1ccc(Br)c(N)c1. The molecule has 0 aromatic heterocycles. The van der Waals surface area contributed by atoms with Crippen molar-refractivity contribution in [2.45, 2.75) is 19.9 Å². The van der Waals surface area contributed by atoms with E-state index in [1.807, 2.05) is 37.1 Å². The Kier molecular flexibility index (Phi) is 6.15. The van der Waals surface area contributed by atoms with Gasteiger partial charge in [0.25, 0.3) is 0 Å². The molecule has 3 N–H and O–H groups in total. The topological polar surface area (TPSA) is 58.4 Å². The fraction of sp³-hybridized carbons (Fsp3) is 0.462. The smallest absolute Gasteiger partial charge is 0.234 e. The molecule has 1 amide bonds. The minimum absolute atomic E-state index is 0.0597. The molecule has 0 aliphatic carbocycles. The van der Waals surface area contributed by atoms with Gasteiger partial charge in [-0.15, -0.1) is 0 Å². The number of hydrogen-bond donors (Lipinski definition) is 2. The molecule has 0 saturated carbocycles. The van der Waals surface area contributed by atoms with Crippen LogP contribution in [0, 0.1) is 0 Å². The number of likely N-dealkylation sites (N-methyl/N-ethyl adjacent to an activating group) is 1. The van der Waals surface area contributed by atoms with Crippen molar-refractivity contribution in [3.63, 3.8) is 0 Å². The van der Waals surface area contributed by atoms with E-state index in [0.29, 0.717) is 13.1 Å². The molecule has 0 radical (unpaired) electrons. The van der Waals surface area contributed by atoms with E-state index in [0.717, 1.165) is 28.7 Å². The third kappa shape index (κ3) is 5.06. The van der Waals surface area contributed by atoms with Crippen molar-refractivity contribution >= 4 is 27.5 Å². The van der Waals surface area contributed by atoms with E-state index in [2.05, 4.69) is 21.2 Å². The standard InChI is InChI=1S/C13H20BrN3O/c1-3-6-16-13(18)9-17(2)8-10-4-5-11(14)12(15)7-10/h4-5,7H,3,6,8-9,15H2,1-2H3,(H,16,18). The molecule has 18 heavy (non-hydrogen) atoms. The maximum atomic E-state index is 11.5. The van der Waals surface area contributed by atoms with Crippen molar-refractivity contribution < 1.29 is 4.79 Å². The summed E-state index contributed by atoms with van der Waals surface area (Å²) in [4.78, 5) is 13.5. The van der Waals surface area contributed by atoms with Gasteiger partial charge >= 0.3 is 0 Å². The maximum absolute atomic E-state index is 11.5. The first-order valence-corrected chi connectivity index (χ1v) is 6.81. The first-order valence-electron chi connectivity index (χ1n) is 6.02. The summed E-state index contributed by atoms with van der Waals surface area (Å²) < 4.78 is 0.898. The molecule has 0 heterocycles. The molecule has 0 aliphatic heterocycles. The highest BCUT2D eigenvalue weighted by molar-refractivity contribution is 9.10. The Bertz CT molecular complexity index is 409. The van der Waals surface area contributed by atoms with E-state index < -0.39 is 0 Å². The fourth-order valence-electron chi connectivity index (χ4n) is 1.62. The van der Waals surface area contributed by atoms with E-state index in [9.17, 15) is 4.79 Å². The summed E-state index contributed by atoms with van der Waals surface area (Å²) in [6.07, 6.45) is 0.957. The van der Waals surface area contributed by atoms with Gasteiger partial charge in [0.15, 0.2) is 0 Å². The normalized spacial score (nSPS) is 10.7. The van der Waals surface area contributed by atoms with E-state index >= 15 is 0 Å². The molecule has 4 nitrogen and oxygen atoms in total. The van der Waals surface area contributed by atoms with Crippen molar-refractivity contribution in [2.24, 2.45) is 0 Å². The lowest BCUT2D eigenvalue weighted by Crippen LogP contribution is -2.35. The predicted molar refractivity (Wildman–Crippen MR) is 78.2 cm³/mol. The second kappa shape index (κ2) is 7.38. The molecule has 0 spiro atoms. The van der Waals surface area contributed by atoms with Crippen LogP contribution >= 0.6 is 15.9 Å². The van der Waals surface area contributed by atoms with Crippen molar-refractivity contribution in [2.75, 3.05) is 25.9 Å². The predicted octanol–water partition coefficient (Wildman–Crippen LogP) is 1.99. The zero-order chi connectivity index (χ0) is 13.5.